The maximum absolute atomic E-state index is 12.0. The SMILES string of the molecule is Cc1ccccc1C(=O)N[C@@H]1CC[C@@H](C(=O)O)C1. The highest BCUT2D eigenvalue weighted by Gasteiger charge is 2.30. The molecule has 0 saturated heterocycles. The summed E-state index contributed by atoms with van der Waals surface area (Å²) in [5.74, 6) is -1.18. The highest BCUT2D eigenvalue weighted by atomic mass is 16.4. The van der Waals surface area contributed by atoms with E-state index >= 15 is 0 Å². The Hall–Kier alpha value is -1.84. The van der Waals surface area contributed by atoms with Crippen LogP contribution >= 0.6 is 0 Å². The molecule has 96 valence electrons. The van der Waals surface area contributed by atoms with Crippen molar-refractivity contribution in [2.24, 2.45) is 5.92 Å². The first kappa shape index (κ1) is 12.6. The first-order valence-corrected chi connectivity index (χ1v) is 6.17. The highest BCUT2D eigenvalue weighted by Crippen LogP contribution is 2.26. The molecule has 0 aromatic heterocycles. The van der Waals surface area contributed by atoms with Gasteiger partial charge in [-0.05, 0) is 37.8 Å². The minimum Gasteiger partial charge on any atom is -0.481 e. The number of carbonyl (C=O) groups excluding carboxylic acids is 1. The van der Waals surface area contributed by atoms with Crippen molar-refractivity contribution in [1.82, 2.24) is 5.32 Å². The van der Waals surface area contributed by atoms with Crippen molar-refractivity contribution in [3.05, 3.63) is 35.4 Å². The third-order valence-electron chi connectivity index (χ3n) is 3.51. The van der Waals surface area contributed by atoms with Crippen molar-refractivity contribution in [2.45, 2.75) is 32.2 Å². The van der Waals surface area contributed by atoms with Crippen LogP contribution in [0.4, 0.5) is 0 Å². The normalized spacial score (nSPS) is 22.7. The van der Waals surface area contributed by atoms with E-state index in [0.29, 0.717) is 18.4 Å². The van der Waals surface area contributed by atoms with Crippen molar-refractivity contribution in [3.8, 4) is 0 Å². The first-order valence-electron chi connectivity index (χ1n) is 6.17. The van der Waals surface area contributed by atoms with E-state index in [9.17, 15) is 9.59 Å². The molecule has 1 amide bonds. The fourth-order valence-electron chi connectivity index (χ4n) is 2.43. The van der Waals surface area contributed by atoms with Crippen LogP contribution in [0.3, 0.4) is 0 Å². The zero-order valence-corrected chi connectivity index (χ0v) is 10.3. The van der Waals surface area contributed by atoms with Crippen LogP contribution in [0.1, 0.15) is 35.2 Å². The van der Waals surface area contributed by atoms with Gasteiger partial charge in [-0.15, -0.1) is 0 Å². The molecule has 18 heavy (non-hydrogen) atoms. The van der Waals surface area contributed by atoms with E-state index in [1.54, 1.807) is 6.07 Å². The van der Waals surface area contributed by atoms with Crippen molar-refractivity contribution in [2.75, 3.05) is 0 Å². The molecule has 4 heteroatoms. The molecule has 0 heterocycles. The van der Waals surface area contributed by atoms with E-state index in [1.807, 2.05) is 25.1 Å². The summed E-state index contributed by atoms with van der Waals surface area (Å²) in [6, 6.07) is 7.38. The third-order valence-corrected chi connectivity index (χ3v) is 3.51. The largest absolute Gasteiger partial charge is 0.481 e. The van der Waals surface area contributed by atoms with Crippen LogP contribution in [0.2, 0.25) is 0 Å². The van der Waals surface area contributed by atoms with Crippen LogP contribution in [0, 0.1) is 12.8 Å². The number of carboxylic acids is 1. The maximum Gasteiger partial charge on any atom is 0.306 e. The second-order valence-electron chi connectivity index (χ2n) is 4.83. The quantitative estimate of drug-likeness (QED) is 0.858. The number of carbonyl (C=O) groups is 2. The van der Waals surface area contributed by atoms with Gasteiger partial charge in [-0.3, -0.25) is 9.59 Å². The Morgan fingerprint density at radius 3 is 2.61 bits per heavy atom. The second-order valence-corrected chi connectivity index (χ2v) is 4.83. The molecule has 0 spiro atoms. The van der Waals surface area contributed by atoms with Gasteiger partial charge in [0.05, 0.1) is 5.92 Å². The minimum absolute atomic E-state index is 0.0155. The molecule has 0 aliphatic heterocycles. The molecule has 1 fully saturated rings. The molecule has 1 aliphatic rings. The lowest BCUT2D eigenvalue weighted by atomic mass is 10.1. The van der Waals surface area contributed by atoms with Gasteiger partial charge < -0.3 is 10.4 Å². The summed E-state index contributed by atoms with van der Waals surface area (Å²) in [6.45, 7) is 1.89. The van der Waals surface area contributed by atoms with Gasteiger partial charge in [0.15, 0.2) is 0 Å². The van der Waals surface area contributed by atoms with Crippen molar-refractivity contribution in [3.63, 3.8) is 0 Å². The Morgan fingerprint density at radius 2 is 2.00 bits per heavy atom. The predicted molar refractivity (Wildman–Crippen MR) is 67.4 cm³/mol. The minimum atomic E-state index is -0.761. The maximum atomic E-state index is 12.0. The first-order chi connectivity index (χ1) is 8.58. The molecule has 0 bridgehead atoms. The lowest BCUT2D eigenvalue weighted by Crippen LogP contribution is -2.33. The monoisotopic (exact) mass is 247 g/mol. The van der Waals surface area contributed by atoms with Crippen molar-refractivity contribution >= 4 is 11.9 Å². The average Bonchev–Trinajstić information content (AvgIpc) is 2.78. The Kier molecular flexibility index (Phi) is 3.65. The second kappa shape index (κ2) is 5.21. The lowest BCUT2D eigenvalue weighted by molar-refractivity contribution is -0.141. The predicted octanol–water partition coefficient (Wildman–Crippen LogP) is 1.98. The molecular formula is C14H17NO3. The zero-order valence-electron chi connectivity index (χ0n) is 10.3. The van der Waals surface area contributed by atoms with Gasteiger partial charge in [0.2, 0.25) is 0 Å². The topological polar surface area (TPSA) is 66.4 Å². The van der Waals surface area contributed by atoms with Crippen LogP contribution in [0.25, 0.3) is 0 Å². The number of rotatable bonds is 3. The number of carboxylic acid groups (broad SMARTS) is 1. The van der Waals surface area contributed by atoms with E-state index in [2.05, 4.69) is 5.32 Å². The Labute approximate surface area is 106 Å². The molecule has 1 aromatic rings. The van der Waals surface area contributed by atoms with Crippen LogP contribution < -0.4 is 5.32 Å². The fourth-order valence-corrected chi connectivity index (χ4v) is 2.43. The molecule has 0 radical (unpaired) electrons. The molecule has 4 nitrogen and oxygen atoms in total. The number of nitrogens with one attached hydrogen (secondary N) is 1. The van der Waals surface area contributed by atoms with Gasteiger partial charge >= 0.3 is 5.97 Å². The molecule has 1 aromatic carbocycles. The van der Waals surface area contributed by atoms with Crippen LogP contribution in [-0.2, 0) is 4.79 Å². The molecule has 2 atom stereocenters. The zero-order chi connectivity index (χ0) is 13.1. The molecule has 1 aliphatic carbocycles. The van der Waals surface area contributed by atoms with Crippen LogP contribution in [-0.4, -0.2) is 23.0 Å². The van der Waals surface area contributed by atoms with Gasteiger partial charge in [-0.2, -0.15) is 0 Å². The Balaban J connectivity index is 1.97. The summed E-state index contributed by atoms with van der Waals surface area (Å²) in [7, 11) is 0. The summed E-state index contributed by atoms with van der Waals surface area (Å²) in [4.78, 5) is 22.9. The summed E-state index contributed by atoms with van der Waals surface area (Å²) < 4.78 is 0. The molecule has 2 N–H and O–H groups in total. The molecular weight excluding hydrogens is 230 g/mol. The van der Waals surface area contributed by atoms with Gasteiger partial charge in [0, 0.05) is 11.6 Å². The summed E-state index contributed by atoms with van der Waals surface area (Å²) in [5.41, 5.74) is 1.60. The van der Waals surface area contributed by atoms with Crippen molar-refractivity contribution < 1.29 is 14.7 Å². The number of amides is 1. The van der Waals surface area contributed by atoms with Gasteiger partial charge in [-0.25, -0.2) is 0 Å². The molecule has 1 saturated carbocycles. The Morgan fingerprint density at radius 1 is 1.28 bits per heavy atom. The van der Waals surface area contributed by atoms with Crippen molar-refractivity contribution in [1.29, 1.82) is 0 Å². The van der Waals surface area contributed by atoms with Gasteiger partial charge in [0.1, 0.15) is 0 Å². The number of aliphatic carboxylic acids is 1. The van der Waals surface area contributed by atoms with E-state index in [0.717, 1.165) is 12.0 Å². The number of benzene rings is 1. The van der Waals surface area contributed by atoms with Crippen LogP contribution in [0.5, 0.6) is 0 Å². The molecule has 0 unspecified atom stereocenters. The lowest BCUT2D eigenvalue weighted by Gasteiger charge is -2.13. The number of hydrogen-bond donors (Lipinski definition) is 2. The van der Waals surface area contributed by atoms with E-state index < -0.39 is 5.97 Å². The van der Waals surface area contributed by atoms with E-state index in [-0.39, 0.29) is 17.9 Å². The molecule has 2 rings (SSSR count). The van der Waals surface area contributed by atoms with Crippen LogP contribution in [0.15, 0.2) is 24.3 Å². The van der Waals surface area contributed by atoms with Gasteiger partial charge in [-0.1, -0.05) is 18.2 Å². The standard InChI is InChI=1S/C14H17NO3/c1-9-4-2-3-5-12(9)13(16)15-11-7-6-10(8-11)14(17)18/h2-5,10-11H,6-8H2,1H3,(H,15,16)(H,17,18)/t10-,11-/m1/s1. The third kappa shape index (κ3) is 2.70. The van der Waals surface area contributed by atoms with Gasteiger partial charge in [0.25, 0.3) is 5.91 Å². The number of aryl methyl sites for hydroxylation is 1. The fraction of sp³-hybridized carbons (Fsp3) is 0.429. The smallest absolute Gasteiger partial charge is 0.306 e. The summed E-state index contributed by atoms with van der Waals surface area (Å²) >= 11 is 0. The summed E-state index contributed by atoms with van der Waals surface area (Å²) in [5, 5.41) is 11.8. The highest BCUT2D eigenvalue weighted by molar-refractivity contribution is 5.95. The average molecular weight is 247 g/mol. The Bertz CT molecular complexity index is 470. The number of hydrogen-bond acceptors (Lipinski definition) is 2. The summed E-state index contributed by atoms with van der Waals surface area (Å²) in [6.07, 6.45) is 1.93. The van der Waals surface area contributed by atoms with E-state index in [4.69, 9.17) is 5.11 Å². The van der Waals surface area contributed by atoms with E-state index in [1.165, 1.54) is 0 Å².